The Morgan fingerprint density at radius 3 is 2.56 bits per heavy atom. The van der Waals surface area contributed by atoms with Crippen LogP contribution in [-0.4, -0.2) is 27.2 Å². The molecule has 1 aliphatic heterocycles. The summed E-state index contributed by atoms with van der Waals surface area (Å²) in [5.74, 6) is -0.470. The molecular formula is C25H27ClN2O4. The fraction of sp³-hybridized carbons (Fsp3) is 0.360. The third-order valence-electron chi connectivity index (χ3n) is 5.84. The van der Waals surface area contributed by atoms with Crippen molar-refractivity contribution in [2.24, 2.45) is 0 Å². The zero-order valence-corrected chi connectivity index (χ0v) is 19.8. The van der Waals surface area contributed by atoms with E-state index in [9.17, 15) is 14.7 Å². The number of benzene rings is 2. The van der Waals surface area contributed by atoms with E-state index in [2.05, 4.69) is 5.32 Å². The highest BCUT2D eigenvalue weighted by atomic mass is 35.5. The van der Waals surface area contributed by atoms with Gasteiger partial charge in [0.05, 0.1) is 17.6 Å². The molecule has 1 amide bonds. The molecule has 0 spiro atoms. The molecule has 2 N–H and O–H groups in total. The Labute approximate surface area is 192 Å². The Morgan fingerprint density at radius 2 is 1.94 bits per heavy atom. The zero-order valence-electron chi connectivity index (χ0n) is 19.1. The first-order chi connectivity index (χ1) is 14.9. The molecule has 0 saturated carbocycles. The van der Waals surface area contributed by atoms with Crippen LogP contribution in [0.25, 0.3) is 22.0 Å². The van der Waals surface area contributed by atoms with Crippen molar-refractivity contribution in [2.75, 3.05) is 5.32 Å². The van der Waals surface area contributed by atoms with Crippen LogP contribution in [0.3, 0.4) is 0 Å². The smallest absolute Gasteiger partial charge is 0.307 e. The number of hydrogen-bond donors (Lipinski definition) is 2. The fourth-order valence-electron chi connectivity index (χ4n) is 4.57. The largest absolute Gasteiger partial charge is 0.487 e. The summed E-state index contributed by atoms with van der Waals surface area (Å²) in [4.78, 5) is 24.5. The Morgan fingerprint density at radius 1 is 1.25 bits per heavy atom. The minimum absolute atomic E-state index is 0.113. The van der Waals surface area contributed by atoms with Crippen molar-refractivity contribution in [3.63, 3.8) is 0 Å². The maximum atomic E-state index is 12.7. The van der Waals surface area contributed by atoms with Crippen molar-refractivity contribution in [3.05, 3.63) is 46.1 Å². The van der Waals surface area contributed by atoms with Crippen molar-refractivity contribution in [3.8, 4) is 16.9 Å². The molecule has 168 valence electrons. The highest BCUT2D eigenvalue weighted by molar-refractivity contribution is 6.31. The van der Waals surface area contributed by atoms with Crippen LogP contribution in [0, 0.1) is 13.8 Å². The Hall–Kier alpha value is -2.99. The van der Waals surface area contributed by atoms with Gasteiger partial charge in [-0.2, -0.15) is 0 Å². The molecule has 0 fully saturated rings. The predicted molar refractivity (Wildman–Crippen MR) is 127 cm³/mol. The second-order valence-corrected chi connectivity index (χ2v) is 9.80. The van der Waals surface area contributed by atoms with Crippen LogP contribution in [-0.2, 0) is 16.0 Å². The molecule has 1 unspecified atom stereocenters. The number of carbonyl (C=O) groups is 2. The lowest BCUT2D eigenvalue weighted by Gasteiger charge is -2.29. The maximum Gasteiger partial charge on any atom is 0.307 e. The Kier molecular flexibility index (Phi) is 5.24. The van der Waals surface area contributed by atoms with E-state index in [4.69, 9.17) is 16.3 Å². The maximum absolute atomic E-state index is 12.7. The van der Waals surface area contributed by atoms with E-state index < -0.39 is 11.6 Å². The molecule has 0 aliphatic carbocycles. The van der Waals surface area contributed by atoms with E-state index in [0.29, 0.717) is 22.0 Å². The van der Waals surface area contributed by atoms with E-state index >= 15 is 0 Å². The highest BCUT2D eigenvalue weighted by Gasteiger charge is 2.32. The summed E-state index contributed by atoms with van der Waals surface area (Å²) in [6.07, 6.45) is -0.183. The van der Waals surface area contributed by atoms with Crippen LogP contribution in [0.15, 0.2) is 24.3 Å². The zero-order chi connectivity index (χ0) is 23.5. The van der Waals surface area contributed by atoms with Gasteiger partial charge in [-0.15, -0.1) is 0 Å². The number of carboxylic acids is 1. The first kappa shape index (κ1) is 22.2. The van der Waals surface area contributed by atoms with Gasteiger partial charge in [0.2, 0.25) is 5.91 Å². The van der Waals surface area contributed by atoms with Crippen LogP contribution in [0.2, 0.25) is 5.02 Å². The molecule has 0 bridgehead atoms. The Bertz CT molecular complexity index is 1280. The van der Waals surface area contributed by atoms with Gasteiger partial charge in [0, 0.05) is 21.7 Å². The van der Waals surface area contributed by atoms with Crippen LogP contribution in [0.5, 0.6) is 5.75 Å². The van der Waals surface area contributed by atoms with E-state index in [-0.39, 0.29) is 18.4 Å². The molecule has 1 aliphatic rings. The van der Waals surface area contributed by atoms with E-state index in [1.54, 1.807) is 12.1 Å². The van der Waals surface area contributed by atoms with E-state index in [1.807, 2.05) is 58.2 Å². The standard InChI is InChI=1S/C25H27ClN2O4/c1-12-9-18-21(16-8-7-15(26)10-19(16)32-25(4,5)6)17(11-20(29)30)13(2)22-23(18)28(12)14(3)24(31)27-22/h7-10,14H,11H2,1-6H3,(H,27,31)(H,29,30). The molecule has 32 heavy (non-hydrogen) atoms. The van der Waals surface area contributed by atoms with Crippen molar-refractivity contribution in [1.29, 1.82) is 0 Å². The summed E-state index contributed by atoms with van der Waals surface area (Å²) in [6, 6.07) is 7.08. The number of halogens is 1. The van der Waals surface area contributed by atoms with Gasteiger partial charge >= 0.3 is 5.97 Å². The quantitative estimate of drug-likeness (QED) is 0.514. The molecule has 7 heteroatoms. The van der Waals surface area contributed by atoms with Gasteiger partial charge in [-0.1, -0.05) is 11.6 Å². The third kappa shape index (κ3) is 3.62. The first-order valence-corrected chi connectivity index (χ1v) is 11.0. The van der Waals surface area contributed by atoms with Gasteiger partial charge in [-0.25, -0.2) is 0 Å². The minimum atomic E-state index is -0.945. The average Bonchev–Trinajstić information content (AvgIpc) is 3.00. The first-order valence-electron chi connectivity index (χ1n) is 10.6. The molecule has 4 rings (SSSR count). The van der Waals surface area contributed by atoms with Crippen LogP contribution in [0.1, 0.15) is 50.6 Å². The number of nitrogens with zero attached hydrogens (tertiary/aromatic N) is 1. The second kappa shape index (κ2) is 7.55. The number of aromatic nitrogens is 1. The summed E-state index contributed by atoms with van der Waals surface area (Å²) in [6.45, 7) is 11.5. The molecular weight excluding hydrogens is 428 g/mol. The van der Waals surface area contributed by atoms with Gasteiger partial charge in [0.15, 0.2) is 0 Å². The minimum Gasteiger partial charge on any atom is -0.487 e. The second-order valence-electron chi connectivity index (χ2n) is 9.36. The fourth-order valence-corrected chi connectivity index (χ4v) is 4.73. The summed E-state index contributed by atoms with van der Waals surface area (Å²) in [7, 11) is 0. The predicted octanol–water partition coefficient (Wildman–Crippen LogP) is 5.90. The van der Waals surface area contributed by atoms with Gasteiger partial charge in [-0.3, -0.25) is 9.59 Å². The number of carbonyl (C=O) groups excluding carboxylic acids is 1. The average molecular weight is 455 g/mol. The monoisotopic (exact) mass is 454 g/mol. The van der Waals surface area contributed by atoms with Crippen LogP contribution in [0.4, 0.5) is 5.69 Å². The summed E-state index contributed by atoms with van der Waals surface area (Å²) in [5.41, 5.74) is 4.98. The molecule has 2 heterocycles. The third-order valence-corrected chi connectivity index (χ3v) is 6.07. The molecule has 3 aromatic rings. The Balaban J connectivity index is 2.15. The van der Waals surface area contributed by atoms with Gasteiger partial charge in [-0.05, 0) is 82.5 Å². The molecule has 0 saturated heterocycles. The number of aryl methyl sites for hydroxylation is 1. The normalized spacial score (nSPS) is 15.7. The van der Waals surface area contributed by atoms with Gasteiger partial charge in [0.25, 0.3) is 0 Å². The summed E-state index contributed by atoms with van der Waals surface area (Å²) < 4.78 is 8.27. The number of carboxylic acid groups (broad SMARTS) is 1. The van der Waals surface area contributed by atoms with Crippen molar-refractivity contribution in [2.45, 2.75) is 59.6 Å². The number of nitrogens with one attached hydrogen (secondary N) is 1. The number of rotatable bonds is 4. The molecule has 1 atom stereocenters. The number of anilines is 1. The summed E-state index contributed by atoms with van der Waals surface area (Å²) in [5, 5.41) is 14.1. The van der Waals surface area contributed by atoms with Crippen molar-refractivity contribution < 1.29 is 19.4 Å². The lowest BCUT2D eigenvalue weighted by molar-refractivity contribution is -0.136. The number of hydrogen-bond acceptors (Lipinski definition) is 3. The van der Waals surface area contributed by atoms with Crippen molar-refractivity contribution in [1.82, 2.24) is 4.57 Å². The highest BCUT2D eigenvalue weighted by Crippen LogP contribution is 2.47. The molecule has 2 aromatic carbocycles. The lowest BCUT2D eigenvalue weighted by atomic mass is 9.88. The van der Waals surface area contributed by atoms with Crippen LogP contribution >= 0.6 is 11.6 Å². The lowest BCUT2D eigenvalue weighted by Crippen LogP contribution is -2.29. The number of aliphatic carboxylic acids is 1. The van der Waals surface area contributed by atoms with Crippen LogP contribution < -0.4 is 10.1 Å². The summed E-state index contributed by atoms with van der Waals surface area (Å²) >= 11 is 6.30. The van der Waals surface area contributed by atoms with Crippen molar-refractivity contribution >= 4 is 40.1 Å². The molecule has 6 nitrogen and oxygen atoms in total. The van der Waals surface area contributed by atoms with Gasteiger partial charge < -0.3 is 19.7 Å². The SMILES string of the molecule is Cc1c(CC(=O)O)c(-c2ccc(Cl)cc2OC(C)(C)C)c2cc(C)n3c2c1NC(=O)C3C. The molecule has 0 radical (unpaired) electrons. The number of amides is 1. The van der Waals surface area contributed by atoms with Gasteiger partial charge in [0.1, 0.15) is 17.4 Å². The van der Waals surface area contributed by atoms with E-state index in [0.717, 1.165) is 33.3 Å². The number of ether oxygens (including phenoxy) is 1. The molecule has 1 aromatic heterocycles. The topological polar surface area (TPSA) is 80.6 Å². The van der Waals surface area contributed by atoms with E-state index in [1.165, 1.54) is 0 Å².